The van der Waals surface area contributed by atoms with Gasteiger partial charge >= 0.3 is 5.97 Å². The summed E-state index contributed by atoms with van der Waals surface area (Å²) in [5, 5.41) is 12.9. The lowest BCUT2D eigenvalue weighted by molar-refractivity contribution is 0.0694. The summed E-state index contributed by atoms with van der Waals surface area (Å²) in [4.78, 5) is 23.7. The summed E-state index contributed by atoms with van der Waals surface area (Å²) in [5.41, 5.74) is 1.87. The largest absolute Gasteiger partial charge is 0.492 e. The van der Waals surface area contributed by atoms with E-state index >= 15 is 0 Å². The highest BCUT2D eigenvalue weighted by Crippen LogP contribution is 2.41. The van der Waals surface area contributed by atoms with Crippen LogP contribution in [0.5, 0.6) is 5.75 Å². The van der Waals surface area contributed by atoms with Crippen molar-refractivity contribution in [2.75, 3.05) is 20.2 Å². The van der Waals surface area contributed by atoms with E-state index in [2.05, 4.69) is 19.2 Å². The van der Waals surface area contributed by atoms with Gasteiger partial charge in [-0.05, 0) is 50.0 Å². The Hall–Kier alpha value is -2.31. The van der Waals surface area contributed by atoms with Gasteiger partial charge in [-0.2, -0.15) is 0 Å². The number of nitrogens with zero attached hydrogens (tertiary/aromatic N) is 1. The Balaban J connectivity index is 2.07. The number of carboxylic acid groups (broad SMARTS) is 1. The molecule has 0 spiro atoms. The molecule has 0 amide bonds. The summed E-state index contributed by atoms with van der Waals surface area (Å²) in [6.45, 7) is 5.59. The van der Waals surface area contributed by atoms with Gasteiger partial charge in [0.15, 0.2) is 5.43 Å². The van der Waals surface area contributed by atoms with Crippen LogP contribution in [0.1, 0.15) is 42.2 Å². The number of hydrogen-bond acceptors (Lipinski definition) is 4. The maximum Gasteiger partial charge on any atom is 0.341 e. The molecule has 1 unspecified atom stereocenters. The summed E-state index contributed by atoms with van der Waals surface area (Å²) in [6, 6.07) is 5.21. The average molecular weight is 405 g/mol. The highest BCUT2D eigenvalue weighted by atomic mass is 35.5. The molecule has 1 aliphatic rings. The van der Waals surface area contributed by atoms with Gasteiger partial charge in [0.2, 0.25) is 0 Å². The molecule has 3 rings (SSSR count). The van der Waals surface area contributed by atoms with Crippen LogP contribution in [0.15, 0.2) is 29.2 Å². The first kappa shape index (κ1) is 20.4. The summed E-state index contributed by atoms with van der Waals surface area (Å²) in [7, 11) is 1.90. The van der Waals surface area contributed by atoms with Crippen molar-refractivity contribution in [2.24, 2.45) is 5.92 Å². The second-order valence-electron chi connectivity index (χ2n) is 7.41. The van der Waals surface area contributed by atoms with Gasteiger partial charge in [-0.15, -0.1) is 0 Å². The third-order valence-corrected chi connectivity index (χ3v) is 5.42. The zero-order valence-corrected chi connectivity index (χ0v) is 17.0. The Morgan fingerprint density at radius 2 is 2.14 bits per heavy atom. The van der Waals surface area contributed by atoms with Crippen LogP contribution in [-0.4, -0.2) is 35.8 Å². The van der Waals surface area contributed by atoms with E-state index in [1.54, 1.807) is 0 Å². The first-order chi connectivity index (χ1) is 13.3. The molecule has 0 radical (unpaired) electrons. The van der Waals surface area contributed by atoms with E-state index in [1.165, 1.54) is 12.3 Å². The van der Waals surface area contributed by atoms with E-state index in [-0.39, 0.29) is 17.5 Å². The smallest absolute Gasteiger partial charge is 0.341 e. The highest BCUT2D eigenvalue weighted by Gasteiger charge is 2.28. The lowest BCUT2D eigenvalue weighted by atomic mass is 9.87. The third kappa shape index (κ3) is 3.93. The average Bonchev–Trinajstić information content (AvgIpc) is 2.64. The molecule has 0 bridgehead atoms. The topological polar surface area (TPSA) is 80.6 Å². The van der Waals surface area contributed by atoms with Crippen LogP contribution in [0.2, 0.25) is 5.02 Å². The van der Waals surface area contributed by atoms with Crippen molar-refractivity contribution in [2.45, 2.75) is 32.7 Å². The molecule has 2 heterocycles. The van der Waals surface area contributed by atoms with Crippen molar-refractivity contribution in [3.05, 3.63) is 50.8 Å². The fourth-order valence-corrected chi connectivity index (χ4v) is 3.84. The Morgan fingerprint density at radius 3 is 2.79 bits per heavy atom. The summed E-state index contributed by atoms with van der Waals surface area (Å²) in [6.07, 6.45) is 3.05. The van der Waals surface area contributed by atoms with Crippen LogP contribution < -0.4 is 15.5 Å². The summed E-state index contributed by atoms with van der Waals surface area (Å²) in [5.74, 6) is -0.319. The maximum absolute atomic E-state index is 12.3. The molecule has 0 saturated heterocycles. The zero-order valence-electron chi connectivity index (χ0n) is 16.3. The molecule has 2 N–H and O–H groups in total. The fourth-order valence-electron chi connectivity index (χ4n) is 3.63. The monoisotopic (exact) mass is 404 g/mol. The minimum absolute atomic E-state index is 0.0412. The number of rotatable bonds is 7. The van der Waals surface area contributed by atoms with Crippen LogP contribution in [0.25, 0.3) is 11.3 Å². The highest BCUT2D eigenvalue weighted by molar-refractivity contribution is 6.32. The van der Waals surface area contributed by atoms with Crippen molar-refractivity contribution in [1.29, 1.82) is 0 Å². The molecule has 0 saturated carbocycles. The van der Waals surface area contributed by atoms with E-state index in [0.29, 0.717) is 29.5 Å². The van der Waals surface area contributed by atoms with Gasteiger partial charge in [-0.25, -0.2) is 4.79 Å². The van der Waals surface area contributed by atoms with E-state index in [4.69, 9.17) is 16.3 Å². The Morgan fingerprint density at radius 1 is 1.39 bits per heavy atom. The standard InChI is InChI=1S/C21H25ClN2O4/c1-12(2)17-7-13-8-20(28-6-4-5-23-3)16(22)9-14(13)18-10-19(25)15(21(26)27)11-24(17)18/h8-12,17,23H,4-7H2,1-3H3,(H,26,27). The lowest BCUT2D eigenvalue weighted by Gasteiger charge is -2.33. The number of carboxylic acids is 1. The fraction of sp³-hybridized carbons (Fsp3) is 0.429. The van der Waals surface area contributed by atoms with Crippen molar-refractivity contribution in [1.82, 2.24) is 9.88 Å². The zero-order chi connectivity index (χ0) is 20.4. The van der Waals surface area contributed by atoms with E-state index in [9.17, 15) is 14.7 Å². The second-order valence-corrected chi connectivity index (χ2v) is 7.82. The number of fused-ring (bicyclic) bond motifs is 3. The number of halogens is 1. The number of aromatic carboxylic acids is 1. The molecular formula is C21H25ClN2O4. The minimum Gasteiger partial charge on any atom is -0.492 e. The Bertz CT molecular complexity index is 952. The molecule has 1 aromatic heterocycles. The van der Waals surface area contributed by atoms with Crippen molar-refractivity contribution in [3.63, 3.8) is 0 Å². The number of ether oxygens (including phenoxy) is 1. The van der Waals surface area contributed by atoms with Gasteiger partial charge in [0.05, 0.1) is 17.3 Å². The summed E-state index contributed by atoms with van der Waals surface area (Å²) < 4.78 is 7.75. The Kier molecular flexibility index (Phi) is 6.10. The molecule has 7 heteroatoms. The number of pyridine rings is 1. The number of nitrogens with one attached hydrogen (secondary N) is 1. The number of carbonyl (C=O) groups is 1. The minimum atomic E-state index is -1.21. The van der Waals surface area contributed by atoms with Crippen molar-refractivity contribution in [3.8, 4) is 17.0 Å². The van der Waals surface area contributed by atoms with Crippen LogP contribution in [-0.2, 0) is 6.42 Å². The SMILES string of the molecule is CNCCCOc1cc2c(cc1Cl)-c1cc(=O)c(C(=O)O)cn1C(C(C)C)C2. The van der Waals surface area contributed by atoms with Gasteiger partial charge in [0.25, 0.3) is 0 Å². The maximum atomic E-state index is 12.3. The van der Waals surface area contributed by atoms with Crippen LogP contribution >= 0.6 is 11.6 Å². The molecule has 0 fully saturated rings. The predicted molar refractivity (Wildman–Crippen MR) is 110 cm³/mol. The molecule has 1 aromatic carbocycles. The first-order valence-corrected chi connectivity index (χ1v) is 9.81. The molecule has 1 aliphatic heterocycles. The second kappa shape index (κ2) is 8.37. The van der Waals surface area contributed by atoms with E-state index < -0.39 is 11.4 Å². The summed E-state index contributed by atoms with van der Waals surface area (Å²) >= 11 is 6.44. The first-order valence-electron chi connectivity index (χ1n) is 9.43. The molecule has 1 atom stereocenters. The van der Waals surface area contributed by atoms with Crippen molar-refractivity contribution >= 4 is 17.6 Å². The molecule has 0 aliphatic carbocycles. The lowest BCUT2D eigenvalue weighted by Crippen LogP contribution is -2.28. The molecule has 6 nitrogen and oxygen atoms in total. The van der Waals surface area contributed by atoms with Gasteiger partial charge in [0, 0.05) is 23.9 Å². The van der Waals surface area contributed by atoms with Crippen LogP contribution in [0.4, 0.5) is 0 Å². The Labute approximate surface area is 169 Å². The molecule has 2 aromatic rings. The molecule has 150 valence electrons. The van der Waals surface area contributed by atoms with Gasteiger partial charge < -0.3 is 19.7 Å². The normalized spacial score (nSPS) is 15.2. The molecular weight excluding hydrogens is 380 g/mol. The van der Waals surface area contributed by atoms with Crippen LogP contribution in [0, 0.1) is 5.92 Å². The van der Waals surface area contributed by atoms with Gasteiger partial charge in [0.1, 0.15) is 11.3 Å². The van der Waals surface area contributed by atoms with Crippen LogP contribution in [0.3, 0.4) is 0 Å². The van der Waals surface area contributed by atoms with E-state index in [0.717, 1.165) is 24.1 Å². The number of benzene rings is 1. The quantitative estimate of drug-likeness (QED) is 0.689. The predicted octanol–water partition coefficient (Wildman–Crippen LogP) is 3.61. The van der Waals surface area contributed by atoms with Crippen molar-refractivity contribution < 1.29 is 14.6 Å². The number of hydrogen-bond donors (Lipinski definition) is 2. The van der Waals surface area contributed by atoms with E-state index in [1.807, 2.05) is 23.7 Å². The third-order valence-electron chi connectivity index (χ3n) is 5.13. The number of aromatic nitrogens is 1. The molecule has 28 heavy (non-hydrogen) atoms. The van der Waals surface area contributed by atoms with Gasteiger partial charge in [-0.3, -0.25) is 4.79 Å². The van der Waals surface area contributed by atoms with Gasteiger partial charge in [-0.1, -0.05) is 25.4 Å².